The maximum atomic E-state index is 13.0. The van der Waals surface area contributed by atoms with Crippen molar-refractivity contribution < 1.29 is 19.1 Å². The number of aromatic nitrogens is 1. The maximum absolute atomic E-state index is 13.0. The lowest BCUT2D eigenvalue weighted by atomic mass is 9.93. The van der Waals surface area contributed by atoms with E-state index in [4.69, 9.17) is 4.74 Å². The van der Waals surface area contributed by atoms with Crippen LogP contribution in [-0.4, -0.2) is 46.8 Å². The molecule has 25 heavy (non-hydrogen) atoms. The Balaban J connectivity index is 2.30. The number of hydrogen-bond donors (Lipinski definition) is 0. The van der Waals surface area contributed by atoms with E-state index in [2.05, 4.69) is 0 Å². The van der Waals surface area contributed by atoms with Gasteiger partial charge in [0.25, 0.3) is 0 Å². The van der Waals surface area contributed by atoms with Gasteiger partial charge in [-0.25, -0.2) is 4.79 Å². The molecule has 0 radical (unpaired) electrons. The second-order valence-corrected chi connectivity index (χ2v) is 6.85. The van der Waals surface area contributed by atoms with Crippen molar-refractivity contribution in [3.8, 4) is 0 Å². The van der Waals surface area contributed by atoms with Gasteiger partial charge >= 0.3 is 5.97 Å². The van der Waals surface area contributed by atoms with Crippen LogP contribution in [0.25, 0.3) is 0 Å². The van der Waals surface area contributed by atoms with Crippen LogP contribution in [0.5, 0.6) is 0 Å². The molecule has 0 spiro atoms. The van der Waals surface area contributed by atoms with Gasteiger partial charge in [0.1, 0.15) is 5.69 Å². The van der Waals surface area contributed by atoms with Gasteiger partial charge in [-0.15, -0.1) is 0 Å². The third kappa shape index (κ3) is 3.78. The van der Waals surface area contributed by atoms with Crippen LogP contribution in [0.15, 0.2) is 0 Å². The number of amides is 1. The van der Waals surface area contributed by atoms with Crippen molar-refractivity contribution in [2.45, 2.75) is 58.9 Å². The van der Waals surface area contributed by atoms with Crippen LogP contribution >= 0.6 is 0 Å². The molecule has 0 unspecified atom stereocenters. The molecule has 1 aromatic heterocycles. The highest BCUT2D eigenvalue weighted by Gasteiger charge is 2.29. The highest BCUT2D eigenvalue weighted by Crippen LogP contribution is 2.26. The molecular formula is C19H28N2O4. The quantitative estimate of drug-likeness (QED) is 0.606. The third-order valence-electron chi connectivity index (χ3n) is 5.32. The molecule has 6 heteroatoms. The highest BCUT2D eigenvalue weighted by atomic mass is 16.5. The van der Waals surface area contributed by atoms with Crippen molar-refractivity contribution in [1.29, 1.82) is 0 Å². The van der Waals surface area contributed by atoms with E-state index in [0.717, 1.165) is 31.4 Å². The molecule has 0 atom stereocenters. The van der Waals surface area contributed by atoms with Gasteiger partial charge in [-0.2, -0.15) is 0 Å². The molecule has 1 heterocycles. The molecule has 0 aliphatic heterocycles. The van der Waals surface area contributed by atoms with E-state index in [-0.39, 0.29) is 24.3 Å². The molecule has 1 aliphatic carbocycles. The average molecular weight is 348 g/mol. The first-order valence-electron chi connectivity index (χ1n) is 8.84. The molecule has 1 aliphatic rings. The third-order valence-corrected chi connectivity index (χ3v) is 5.32. The molecule has 6 nitrogen and oxygen atoms in total. The fourth-order valence-electron chi connectivity index (χ4n) is 3.90. The summed E-state index contributed by atoms with van der Waals surface area (Å²) in [6.07, 6.45) is 5.28. The minimum atomic E-state index is -0.460. The Morgan fingerprint density at radius 2 is 1.76 bits per heavy atom. The predicted molar refractivity (Wildman–Crippen MR) is 94.8 cm³/mol. The first-order valence-corrected chi connectivity index (χ1v) is 8.84. The first-order chi connectivity index (χ1) is 11.8. The van der Waals surface area contributed by atoms with Crippen molar-refractivity contribution in [1.82, 2.24) is 9.47 Å². The summed E-state index contributed by atoms with van der Waals surface area (Å²) in [5, 5.41) is 0. The molecular weight excluding hydrogens is 320 g/mol. The van der Waals surface area contributed by atoms with Gasteiger partial charge in [0.15, 0.2) is 5.78 Å². The summed E-state index contributed by atoms with van der Waals surface area (Å²) < 4.78 is 6.51. The number of ketones is 1. The summed E-state index contributed by atoms with van der Waals surface area (Å²) in [5.74, 6) is -0.654. The van der Waals surface area contributed by atoms with E-state index in [1.165, 1.54) is 20.5 Å². The number of methoxy groups -OCH3 is 1. The number of rotatable bonds is 5. The van der Waals surface area contributed by atoms with Gasteiger partial charge in [-0.05, 0) is 32.3 Å². The Morgan fingerprint density at radius 3 is 2.28 bits per heavy atom. The molecule has 1 amide bonds. The summed E-state index contributed by atoms with van der Waals surface area (Å²) in [6, 6.07) is 0.139. The minimum Gasteiger partial charge on any atom is -0.464 e. The van der Waals surface area contributed by atoms with Crippen LogP contribution in [0, 0.1) is 13.8 Å². The summed E-state index contributed by atoms with van der Waals surface area (Å²) >= 11 is 0. The number of nitrogens with zero attached hydrogens (tertiary/aromatic N) is 2. The largest absolute Gasteiger partial charge is 0.464 e. The molecule has 0 saturated heterocycles. The smallest absolute Gasteiger partial charge is 0.354 e. The zero-order chi connectivity index (χ0) is 18.7. The van der Waals surface area contributed by atoms with Crippen LogP contribution in [0.1, 0.15) is 71.1 Å². The Bertz CT molecular complexity index is 684. The van der Waals surface area contributed by atoms with E-state index in [1.54, 1.807) is 23.4 Å². The monoisotopic (exact) mass is 348 g/mol. The van der Waals surface area contributed by atoms with Gasteiger partial charge in [-0.3, -0.25) is 9.59 Å². The number of ether oxygens (including phenoxy) is 1. The van der Waals surface area contributed by atoms with E-state index >= 15 is 0 Å². The molecule has 2 rings (SSSR count). The Labute approximate surface area is 149 Å². The van der Waals surface area contributed by atoms with E-state index in [9.17, 15) is 14.4 Å². The Hall–Kier alpha value is -2.11. The Morgan fingerprint density at radius 1 is 1.16 bits per heavy atom. The average Bonchev–Trinajstić information content (AvgIpc) is 2.81. The molecule has 1 fully saturated rings. The van der Waals surface area contributed by atoms with Crippen molar-refractivity contribution >= 4 is 17.7 Å². The topological polar surface area (TPSA) is 68.6 Å². The minimum absolute atomic E-state index is 0.0618. The normalized spacial score (nSPS) is 15.1. The Kier molecular flexibility index (Phi) is 6.03. The fourth-order valence-corrected chi connectivity index (χ4v) is 3.90. The van der Waals surface area contributed by atoms with Gasteiger partial charge in [0, 0.05) is 31.3 Å². The van der Waals surface area contributed by atoms with Gasteiger partial charge in [0.05, 0.1) is 13.7 Å². The molecule has 0 N–H and O–H groups in total. The first kappa shape index (κ1) is 19.2. The number of carbonyl (C=O) groups is 3. The number of carbonyl (C=O) groups excluding carboxylic acids is 3. The van der Waals surface area contributed by atoms with Gasteiger partial charge in [0.2, 0.25) is 5.91 Å². The van der Waals surface area contributed by atoms with E-state index in [0.29, 0.717) is 16.8 Å². The molecule has 0 bridgehead atoms. The lowest BCUT2D eigenvalue weighted by Gasteiger charge is -2.33. The SMILES string of the molecule is COC(=O)c1c(C)c(C(=O)CN(C(C)=O)C2CCCCC2)c(C)n1C. The molecule has 1 saturated carbocycles. The number of esters is 1. The fraction of sp³-hybridized carbons (Fsp3) is 0.632. The zero-order valence-electron chi connectivity index (χ0n) is 15.8. The van der Waals surface area contributed by atoms with Crippen LogP contribution in [0.3, 0.4) is 0 Å². The van der Waals surface area contributed by atoms with E-state index in [1.807, 2.05) is 6.92 Å². The lowest BCUT2D eigenvalue weighted by Crippen LogP contribution is -2.43. The summed E-state index contributed by atoms with van der Waals surface area (Å²) in [5.41, 5.74) is 2.24. The van der Waals surface area contributed by atoms with Crippen molar-refractivity contribution in [3.63, 3.8) is 0 Å². The molecule has 1 aromatic rings. The van der Waals surface area contributed by atoms with Gasteiger partial charge in [-0.1, -0.05) is 19.3 Å². The van der Waals surface area contributed by atoms with Crippen LogP contribution in [0.2, 0.25) is 0 Å². The van der Waals surface area contributed by atoms with Crippen LogP contribution in [0.4, 0.5) is 0 Å². The van der Waals surface area contributed by atoms with E-state index < -0.39 is 5.97 Å². The maximum Gasteiger partial charge on any atom is 0.354 e. The van der Waals surface area contributed by atoms with Crippen molar-refractivity contribution in [2.24, 2.45) is 7.05 Å². The summed E-state index contributed by atoms with van der Waals surface area (Å²) in [7, 11) is 3.07. The molecule has 0 aromatic carbocycles. The number of hydrogen-bond acceptors (Lipinski definition) is 4. The predicted octanol–water partition coefficient (Wildman–Crippen LogP) is 2.79. The van der Waals surface area contributed by atoms with Crippen LogP contribution < -0.4 is 0 Å². The second kappa shape index (κ2) is 7.85. The molecule has 138 valence electrons. The number of Topliss-reactive ketones (excluding diaryl/α,β-unsaturated/α-hetero) is 1. The van der Waals surface area contributed by atoms with Crippen molar-refractivity contribution in [3.05, 3.63) is 22.5 Å². The summed E-state index contributed by atoms with van der Waals surface area (Å²) in [6.45, 7) is 5.15. The zero-order valence-corrected chi connectivity index (χ0v) is 15.8. The van der Waals surface area contributed by atoms with Crippen LogP contribution in [-0.2, 0) is 16.6 Å². The highest BCUT2D eigenvalue weighted by molar-refractivity contribution is 6.04. The van der Waals surface area contributed by atoms with Crippen molar-refractivity contribution in [2.75, 3.05) is 13.7 Å². The lowest BCUT2D eigenvalue weighted by molar-refractivity contribution is -0.131. The second-order valence-electron chi connectivity index (χ2n) is 6.85. The standard InChI is InChI=1S/C19H28N2O4/c1-12-17(13(2)20(4)18(12)19(24)25-5)16(23)11-21(14(3)22)15-9-7-6-8-10-15/h15H,6-11H2,1-5H3. The van der Waals surface area contributed by atoms with Gasteiger partial charge < -0.3 is 14.2 Å². The summed E-state index contributed by atoms with van der Waals surface area (Å²) in [4.78, 5) is 38.8.